The monoisotopic (exact) mass is 637 g/mol. The van der Waals surface area contributed by atoms with Crippen molar-refractivity contribution in [3.8, 4) is 6.07 Å². The Hall–Kier alpha value is -3.28. The lowest BCUT2D eigenvalue weighted by Gasteiger charge is -2.34. The number of carbonyl (C=O) groups excluding carboxylic acids is 2. The average molecular weight is 638 g/mol. The van der Waals surface area contributed by atoms with Gasteiger partial charge >= 0.3 is 12.1 Å². The maximum atomic E-state index is 13.2. The predicted molar refractivity (Wildman–Crippen MR) is 146 cm³/mol. The lowest BCUT2D eigenvalue weighted by molar-refractivity contribution is -0.200. The summed E-state index contributed by atoms with van der Waals surface area (Å²) in [4.78, 5) is 36.5. The Bertz CT molecular complexity index is 1240. The summed E-state index contributed by atoms with van der Waals surface area (Å²) in [5.74, 6) is -1.60. The number of piperazine rings is 1. The van der Waals surface area contributed by atoms with Gasteiger partial charge in [0.15, 0.2) is 5.82 Å². The number of nitriles is 1. The van der Waals surface area contributed by atoms with Crippen LogP contribution in [0, 0.1) is 17.2 Å². The smallest absolute Gasteiger partial charge is 0.458 e. The SMILES string of the molecule is N#Cc1ncc(Br)c(N(CC2CCCC2)NC(=O)c2ccc(CN3CCN(CCOC(=O)C(F)(F)F)CC3)cc2)n1. The molecule has 1 aromatic carbocycles. The molecule has 10 nitrogen and oxygen atoms in total. The molecule has 1 aliphatic carbocycles. The van der Waals surface area contributed by atoms with E-state index in [9.17, 15) is 28.0 Å². The molecular formula is C27H31BrF3N7O3. The molecule has 0 radical (unpaired) electrons. The van der Waals surface area contributed by atoms with Crippen LogP contribution in [-0.4, -0.2) is 83.7 Å². The highest BCUT2D eigenvalue weighted by molar-refractivity contribution is 9.10. The first-order chi connectivity index (χ1) is 19.6. The summed E-state index contributed by atoms with van der Waals surface area (Å²) in [6.07, 6.45) is 0.957. The highest BCUT2D eigenvalue weighted by Crippen LogP contribution is 2.29. The number of carbonyl (C=O) groups is 2. The fraction of sp³-hybridized carbons (Fsp3) is 0.519. The second kappa shape index (κ2) is 14.1. The quantitative estimate of drug-likeness (QED) is 0.308. The Morgan fingerprint density at radius 3 is 2.41 bits per heavy atom. The van der Waals surface area contributed by atoms with Gasteiger partial charge in [0.25, 0.3) is 5.91 Å². The lowest BCUT2D eigenvalue weighted by atomic mass is 10.1. The molecule has 1 aromatic heterocycles. The van der Waals surface area contributed by atoms with Crippen molar-refractivity contribution in [2.45, 2.75) is 38.4 Å². The van der Waals surface area contributed by atoms with Gasteiger partial charge in [-0.2, -0.15) is 23.4 Å². The number of hydrazine groups is 1. The van der Waals surface area contributed by atoms with E-state index >= 15 is 0 Å². The van der Waals surface area contributed by atoms with Gasteiger partial charge in [-0.1, -0.05) is 25.0 Å². The van der Waals surface area contributed by atoms with Crippen LogP contribution in [0.3, 0.4) is 0 Å². The molecule has 1 saturated carbocycles. The van der Waals surface area contributed by atoms with Crippen LogP contribution in [0.2, 0.25) is 0 Å². The summed E-state index contributed by atoms with van der Waals surface area (Å²) in [7, 11) is 0. The third kappa shape index (κ3) is 8.85. The highest BCUT2D eigenvalue weighted by Gasteiger charge is 2.40. The van der Waals surface area contributed by atoms with Gasteiger partial charge in [-0.15, -0.1) is 0 Å². The zero-order valence-corrected chi connectivity index (χ0v) is 24.0. The summed E-state index contributed by atoms with van der Waals surface area (Å²) in [5.41, 5.74) is 4.46. The molecule has 2 aromatic rings. The topological polar surface area (TPSA) is 115 Å². The second-order valence-electron chi connectivity index (χ2n) is 10.1. The van der Waals surface area contributed by atoms with Crippen LogP contribution in [0.25, 0.3) is 0 Å². The van der Waals surface area contributed by atoms with Gasteiger partial charge in [0.1, 0.15) is 12.7 Å². The number of amides is 1. The summed E-state index contributed by atoms with van der Waals surface area (Å²) in [5, 5.41) is 11.0. The van der Waals surface area contributed by atoms with Gasteiger partial charge in [0.05, 0.1) is 4.47 Å². The van der Waals surface area contributed by atoms with Crippen LogP contribution in [-0.2, 0) is 16.1 Å². The molecule has 2 aliphatic rings. The van der Waals surface area contributed by atoms with Gasteiger partial charge in [0, 0.05) is 57.6 Å². The minimum atomic E-state index is -4.97. The van der Waals surface area contributed by atoms with Gasteiger partial charge in [-0.25, -0.2) is 9.78 Å². The van der Waals surface area contributed by atoms with Gasteiger partial charge in [-0.3, -0.25) is 25.0 Å². The number of esters is 1. The Kier molecular flexibility index (Phi) is 10.5. The molecular weight excluding hydrogens is 607 g/mol. The molecule has 0 unspecified atom stereocenters. The predicted octanol–water partition coefficient (Wildman–Crippen LogP) is 3.68. The molecule has 2 heterocycles. The molecule has 0 spiro atoms. The van der Waals surface area contributed by atoms with Crippen LogP contribution in [0.1, 0.15) is 47.4 Å². The normalized spacial score (nSPS) is 16.8. The molecule has 220 valence electrons. The Morgan fingerprint density at radius 2 is 1.78 bits per heavy atom. The van der Waals surface area contributed by atoms with Crippen molar-refractivity contribution < 1.29 is 27.5 Å². The minimum Gasteiger partial charge on any atom is -0.458 e. The van der Waals surface area contributed by atoms with Crippen molar-refractivity contribution in [2.24, 2.45) is 5.92 Å². The lowest BCUT2D eigenvalue weighted by Crippen LogP contribution is -2.47. The zero-order valence-electron chi connectivity index (χ0n) is 22.4. The summed E-state index contributed by atoms with van der Waals surface area (Å²) >= 11 is 3.45. The number of aromatic nitrogens is 2. The molecule has 1 saturated heterocycles. The zero-order chi connectivity index (χ0) is 29.4. The average Bonchev–Trinajstić information content (AvgIpc) is 3.47. The summed E-state index contributed by atoms with van der Waals surface area (Å²) in [6, 6.07) is 9.26. The first-order valence-corrected chi connectivity index (χ1v) is 14.2. The Labute approximate surface area is 244 Å². The first-order valence-electron chi connectivity index (χ1n) is 13.4. The van der Waals surface area contributed by atoms with E-state index in [0.717, 1.165) is 31.2 Å². The summed E-state index contributed by atoms with van der Waals surface area (Å²) < 4.78 is 41.6. The van der Waals surface area contributed by atoms with Crippen LogP contribution >= 0.6 is 15.9 Å². The molecule has 0 bridgehead atoms. The van der Waals surface area contributed by atoms with E-state index in [0.29, 0.717) is 61.0 Å². The second-order valence-corrected chi connectivity index (χ2v) is 11.0. The molecule has 1 amide bonds. The number of alkyl halides is 3. The van der Waals surface area contributed by atoms with Crippen molar-refractivity contribution in [3.05, 3.63) is 51.9 Å². The van der Waals surface area contributed by atoms with Crippen molar-refractivity contribution >= 4 is 33.6 Å². The minimum absolute atomic E-state index is 0.0175. The number of rotatable bonds is 10. The fourth-order valence-corrected chi connectivity index (χ4v) is 5.37. The molecule has 1 aliphatic heterocycles. The van der Waals surface area contributed by atoms with E-state index in [4.69, 9.17) is 0 Å². The van der Waals surface area contributed by atoms with E-state index in [-0.39, 0.29) is 24.9 Å². The van der Waals surface area contributed by atoms with E-state index in [2.05, 4.69) is 41.0 Å². The Morgan fingerprint density at radius 1 is 1.12 bits per heavy atom. The summed E-state index contributed by atoms with van der Waals surface area (Å²) in [6.45, 7) is 3.90. The molecule has 1 N–H and O–H groups in total. The number of nitrogens with one attached hydrogen (secondary N) is 1. The third-order valence-electron chi connectivity index (χ3n) is 7.19. The van der Waals surface area contributed by atoms with Crippen molar-refractivity contribution in [1.29, 1.82) is 5.26 Å². The molecule has 0 atom stereocenters. The molecule has 41 heavy (non-hydrogen) atoms. The van der Waals surface area contributed by atoms with Crippen molar-refractivity contribution in [1.82, 2.24) is 25.2 Å². The molecule has 14 heteroatoms. The number of anilines is 1. The maximum absolute atomic E-state index is 13.2. The van der Waals surface area contributed by atoms with Crippen LogP contribution < -0.4 is 10.4 Å². The van der Waals surface area contributed by atoms with Crippen LogP contribution in [0.15, 0.2) is 34.9 Å². The van der Waals surface area contributed by atoms with Crippen molar-refractivity contribution in [2.75, 3.05) is 50.9 Å². The standard InChI is InChI=1S/C27H31BrF3N7O3/c28-22-16-33-23(15-32)34-24(22)38(18-19-3-1-2-4-19)35-25(39)21-7-5-20(6-8-21)17-37-11-9-36(10-12-37)13-14-41-26(40)27(29,30)31/h5-8,16,19H,1-4,9-14,17-18H2,(H,35,39). The first kappa shape index (κ1) is 30.7. The van der Waals surface area contributed by atoms with Gasteiger partial charge < -0.3 is 4.74 Å². The highest BCUT2D eigenvalue weighted by atomic mass is 79.9. The largest absolute Gasteiger partial charge is 0.490 e. The van der Waals surface area contributed by atoms with Gasteiger partial charge in [-0.05, 0) is 52.4 Å². The van der Waals surface area contributed by atoms with E-state index in [1.807, 2.05) is 23.1 Å². The van der Waals surface area contributed by atoms with E-state index in [1.54, 1.807) is 17.1 Å². The Balaban J connectivity index is 1.29. The maximum Gasteiger partial charge on any atom is 0.490 e. The fourth-order valence-electron chi connectivity index (χ4n) is 4.96. The number of hydrogen-bond acceptors (Lipinski definition) is 9. The van der Waals surface area contributed by atoms with Crippen LogP contribution in [0.4, 0.5) is 19.0 Å². The number of ether oxygens (including phenoxy) is 1. The number of hydrogen-bond donors (Lipinski definition) is 1. The van der Waals surface area contributed by atoms with Crippen molar-refractivity contribution in [3.63, 3.8) is 0 Å². The van der Waals surface area contributed by atoms with Gasteiger partial charge in [0.2, 0.25) is 5.82 Å². The molecule has 4 rings (SSSR count). The number of nitrogens with zero attached hydrogens (tertiary/aromatic N) is 6. The number of halogens is 4. The molecule has 2 fully saturated rings. The van der Waals surface area contributed by atoms with E-state index in [1.165, 1.54) is 6.20 Å². The third-order valence-corrected chi connectivity index (χ3v) is 7.75. The van der Waals surface area contributed by atoms with E-state index < -0.39 is 12.1 Å². The van der Waals surface area contributed by atoms with Crippen LogP contribution in [0.5, 0.6) is 0 Å². The number of benzene rings is 1.